The molecule has 1 saturated heterocycles. The van der Waals surface area contributed by atoms with Crippen LogP contribution >= 0.6 is 0 Å². The van der Waals surface area contributed by atoms with Gasteiger partial charge in [0.25, 0.3) is 0 Å². The average molecular weight is 253 g/mol. The van der Waals surface area contributed by atoms with E-state index in [0.717, 1.165) is 13.2 Å². The van der Waals surface area contributed by atoms with Crippen molar-refractivity contribution in [2.24, 2.45) is 0 Å². The molecule has 1 fully saturated rings. The molecule has 0 bridgehead atoms. The maximum absolute atomic E-state index is 6.06. The van der Waals surface area contributed by atoms with Gasteiger partial charge in [-0.3, -0.25) is 4.81 Å². The van der Waals surface area contributed by atoms with Crippen molar-refractivity contribution in [3.63, 3.8) is 0 Å². The molecule has 0 spiro atoms. The summed E-state index contributed by atoms with van der Waals surface area (Å²) in [6.07, 6.45) is 4.20. The Morgan fingerprint density at radius 1 is 1.11 bits per heavy atom. The van der Waals surface area contributed by atoms with Crippen molar-refractivity contribution < 1.29 is 9.31 Å². The van der Waals surface area contributed by atoms with E-state index in [1.165, 1.54) is 0 Å². The van der Waals surface area contributed by atoms with Gasteiger partial charge in [0.1, 0.15) is 0 Å². The fourth-order valence-electron chi connectivity index (χ4n) is 1.97. The largest absolute Gasteiger partial charge is 0.560 e. The highest BCUT2D eigenvalue weighted by Gasteiger charge is 2.54. The summed E-state index contributed by atoms with van der Waals surface area (Å²) in [6, 6.07) is 0. The highest BCUT2D eigenvalue weighted by atomic mass is 16.7. The van der Waals surface area contributed by atoms with Crippen molar-refractivity contribution in [3.8, 4) is 0 Å². The first kappa shape index (κ1) is 13.9. The van der Waals surface area contributed by atoms with Gasteiger partial charge in [-0.2, -0.15) is 0 Å². The lowest BCUT2D eigenvalue weighted by Crippen LogP contribution is -2.52. The van der Waals surface area contributed by atoms with Gasteiger partial charge in [-0.1, -0.05) is 6.08 Å². The molecular formula is C12H24BN3O2. The van der Waals surface area contributed by atoms with Gasteiger partial charge in [0.05, 0.1) is 17.9 Å². The van der Waals surface area contributed by atoms with E-state index in [0.29, 0.717) is 0 Å². The van der Waals surface area contributed by atoms with E-state index in [4.69, 9.17) is 9.31 Å². The van der Waals surface area contributed by atoms with E-state index >= 15 is 0 Å². The van der Waals surface area contributed by atoms with Crippen LogP contribution in [-0.4, -0.2) is 60.6 Å². The van der Waals surface area contributed by atoms with E-state index in [1.54, 1.807) is 0 Å². The molecule has 0 atom stereocenters. The maximum atomic E-state index is 6.06. The summed E-state index contributed by atoms with van der Waals surface area (Å²) < 4.78 is 12.1. The first-order chi connectivity index (χ1) is 8.23. The van der Waals surface area contributed by atoms with Crippen LogP contribution in [-0.2, 0) is 9.31 Å². The number of hydrogen-bond acceptors (Lipinski definition) is 5. The van der Waals surface area contributed by atoms with E-state index in [1.807, 2.05) is 19.1 Å². The van der Waals surface area contributed by atoms with Crippen molar-refractivity contribution in [2.45, 2.75) is 38.9 Å². The summed E-state index contributed by atoms with van der Waals surface area (Å²) in [4.78, 5) is 2.18. The molecule has 0 N–H and O–H groups in total. The quantitative estimate of drug-likeness (QED) is 0.688. The molecule has 0 unspecified atom stereocenters. The minimum atomic E-state index is -0.276. The summed E-state index contributed by atoms with van der Waals surface area (Å²) in [6.45, 7) is 9.95. The van der Waals surface area contributed by atoms with Crippen molar-refractivity contribution in [1.82, 2.24) is 14.8 Å². The molecule has 0 saturated carbocycles. The zero-order chi connectivity index (χ0) is 13.6. The smallest absolute Gasteiger partial charge is 0.389 e. The molecule has 2 aliphatic heterocycles. The maximum Gasteiger partial charge on any atom is 0.560 e. The van der Waals surface area contributed by atoms with Crippen LogP contribution in [0.1, 0.15) is 27.7 Å². The second-order valence-corrected chi connectivity index (χ2v) is 6.15. The molecule has 6 heteroatoms. The summed E-state index contributed by atoms with van der Waals surface area (Å²) in [5, 5.41) is 4.17. The predicted octanol–water partition coefficient (Wildman–Crippen LogP) is 1.14. The minimum absolute atomic E-state index is 0.276. The monoisotopic (exact) mass is 253 g/mol. The van der Waals surface area contributed by atoms with Gasteiger partial charge in [-0.25, -0.2) is 5.01 Å². The molecule has 0 aromatic carbocycles. The molecule has 0 aliphatic carbocycles. The van der Waals surface area contributed by atoms with Crippen LogP contribution in [0.4, 0.5) is 0 Å². The topological polar surface area (TPSA) is 28.2 Å². The Bertz CT molecular complexity index is 328. The van der Waals surface area contributed by atoms with E-state index in [9.17, 15) is 0 Å². The molecule has 2 heterocycles. The molecule has 0 radical (unpaired) electrons. The second-order valence-electron chi connectivity index (χ2n) is 6.15. The Labute approximate surface area is 110 Å². The van der Waals surface area contributed by atoms with Crippen molar-refractivity contribution in [3.05, 3.63) is 12.3 Å². The highest BCUT2D eigenvalue weighted by molar-refractivity contribution is 6.42. The van der Waals surface area contributed by atoms with Gasteiger partial charge in [0, 0.05) is 26.8 Å². The standard InChI is InChI=1S/C12H24BN3O2/c1-11(2)12(3,4)18-13(17-11)15-8-7-9-16(10-15)14(5)6/h7,9H,8,10H2,1-6H3. The second kappa shape index (κ2) is 4.52. The Hall–Kier alpha value is -0.555. The molecule has 0 aromatic heterocycles. The molecule has 0 amide bonds. The van der Waals surface area contributed by atoms with Crippen LogP contribution in [0.15, 0.2) is 12.3 Å². The molecule has 2 rings (SSSR count). The third-order valence-electron chi connectivity index (χ3n) is 4.00. The third kappa shape index (κ3) is 2.43. The van der Waals surface area contributed by atoms with Crippen LogP contribution in [0.25, 0.3) is 0 Å². The van der Waals surface area contributed by atoms with Crippen molar-refractivity contribution >= 4 is 7.25 Å². The fourth-order valence-corrected chi connectivity index (χ4v) is 1.97. The van der Waals surface area contributed by atoms with Gasteiger partial charge < -0.3 is 14.3 Å². The molecule has 0 aromatic rings. The number of hydrazine groups is 1. The van der Waals surface area contributed by atoms with E-state index in [-0.39, 0.29) is 18.5 Å². The number of rotatable bonds is 2. The van der Waals surface area contributed by atoms with Crippen molar-refractivity contribution in [1.29, 1.82) is 0 Å². The van der Waals surface area contributed by atoms with Gasteiger partial charge in [-0.05, 0) is 27.7 Å². The van der Waals surface area contributed by atoms with E-state index in [2.05, 4.69) is 49.8 Å². The van der Waals surface area contributed by atoms with Crippen LogP contribution in [0.2, 0.25) is 0 Å². The first-order valence-corrected chi connectivity index (χ1v) is 6.43. The van der Waals surface area contributed by atoms with E-state index < -0.39 is 0 Å². The third-order valence-corrected chi connectivity index (χ3v) is 4.00. The SMILES string of the molecule is CN(C)N1C=CCN(B2OC(C)(C)C(C)(C)O2)C1. The zero-order valence-electron chi connectivity index (χ0n) is 12.3. The molecular weight excluding hydrogens is 229 g/mol. The Balaban J connectivity index is 2.05. The molecule has 102 valence electrons. The summed E-state index contributed by atoms with van der Waals surface area (Å²) in [7, 11) is 3.78. The first-order valence-electron chi connectivity index (χ1n) is 6.43. The minimum Gasteiger partial charge on any atom is -0.389 e. The highest BCUT2D eigenvalue weighted by Crippen LogP contribution is 2.37. The molecule has 2 aliphatic rings. The Morgan fingerprint density at radius 2 is 1.67 bits per heavy atom. The predicted molar refractivity (Wildman–Crippen MR) is 72.3 cm³/mol. The van der Waals surface area contributed by atoms with Crippen LogP contribution < -0.4 is 0 Å². The lowest BCUT2D eigenvalue weighted by atomic mass is 9.90. The van der Waals surface area contributed by atoms with Crippen LogP contribution in [0.3, 0.4) is 0 Å². The molecule has 5 nitrogen and oxygen atoms in total. The average Bonchev–Trinajstić information content (AvgIpc) is 2.48. The number of hydrogen-bond donors (Lipinski definition) is 0. The zero-order valence-corrected chi connectivity index (χ0v) is 12.3. The van der Waals surface area contributed by atoms with Crippen LogP contribution in [0, 0.1) is 0 Å². The molecule has 18 heavy (non-hydrogen) atoms. The van der Waals surface area contributed by atoms with Crippen LogP contribution in [0.5, 0.6) is 0 Å². The lowest BCUT2D eigenvalue weighted by Gasteiger charge is -2.36. The van der Waals surface area contributed by atoms with Gasteiger partial charge in [0.15, 0.2) is 0 Å². The summed E-state index contributed by atoms with van der Waals surface area (Å²) >= 11 is 0. The normalized spacial score (nSPS) is 27.3. The van der Waals surface area contributed by atoms with Crippen molar-refractivity contribution in [2.75, 3.05) is 27.3 Å². The van der Waals surface area contributed by atoms with Gasteiger partial charge in [0.2, 0.25) is 0 Å². The van der Waals surface area contributed by atoms with Gasteiger partial charge in [-0.15, -0.1) is 0 Å². The lowest BCUT2D eigenvalue weighted by molar-refractivity contribution is 0.00578. The summed E-state index contributed by atoms with van der Waals surface area (Å²) in [5.74, 6) is 0. The Morgan fingerprint density at radius 3 is 2.17 bits per heavy atom. The summed E-state index contributed by atoms with van der Waals surface area (Å²) in [5.41, 5.74) is -0.552. The van der Waals surface area contributed by atoms with Gasteiger partial charge >= 0.3 is 7.25 Å². The fraction of sp³-hybridized carbons (Fsp3) is 0.833. The number of nitrogens with zero attached hydrogens (tertiary/aromatic N) is 3. The Kier molecular flexibility index (Phi) is 3.49.